The van der Waals surface area contributed by atoms with Gasteiger partial charge >= 0.3 is 0 Å². The highest BCUT2D eigenvalue weighted by molar-refractivity contribution is 6.80. The lowest BCUT2D eigenvalue weighted by Crippen LogP contribution is -3.10. The van der Waals surface area contributed by atoms with Crippen molar-refractivity contribution in [2.75, 3.05) is 13.7 Å². The smallest absolute Gasteiger partial charge is 0.0527 e. The summed E-state index contributed by atoms with van der Waals surface area (Å²) in [6, 6.07) is 0. The fourth-order valence-corrected chi connectivity index (χ4v) is 11.9. The first-order valence-electron chi connectivity index (χ1n) is 6.53. The van der Waals surface area contributed by atoms with Gasteiger partial charge in [-0.3, -0.25) is 0 Å². The van der Waals surface area contributed by atoms with Crippen LogP contribution in [0.5, 0.6) is 0 Å². The van der Waals surface area contributed by atoms with Crippen molar-refractivity contribution in [2.45, 2.75) is 24.7 Å². The summed E-state index contributed by atoms with van der Waals surface area (Å²) in [5, 5.41) is 0.961. The topological polar surface area (TPSA) is 9.23 Å². The monoisotopic (exact) mass is 220 g/mol. The van der Waals surface area contributed by atoms with E-state index in [1.165, 1.54) is 17.8 Å². The molecular formula is C13H20OSi. The van der Waals surface area contributed by atoms with Gasteiger partial charge in [-0.15, -0.1) is 0 Å². The first kappa shape index (κ1) is 8.29. The molecule has 1 nitrogen and oxygen atoms in total. The van der Waals surface area contributed by atoms with Crippen molar-refractivity contribution in [3.05, 3.63) is 0 Å². The predicted molar refractivity (Wildman–Crippen MR) is 61.3 cm³/mol. The summed E-state index contributed by atoms with van der Waals surface area (Å²) in [5.74, 6) is 7.01. The molecule has 0 unspecified atom stereocenters. The Morgan fingerprint density at radius 3 is 1.73 bits per heavy atom. The van der Waals surface area contributed by atoms with Crippen LogP contribution >= 0.6 is 0 Å². The molecule has 0 aromatic rings. The van der Waals surface area contributed by atoms with Gasteiger partial charge in [0.25, 0.3) is 0 Å². The van der Waals surface area contributed by atoms with E-state index in [0.717, 1.165) is 34.8 Å². The Hall–Kier alpha value is 0.177. The molecule has 82 valence electrons. The first-order valence-corrected chi connectivity index (χ1v) is 10.0. The molecule has 0 atom stereocenters. The highest BCUT2D eigenvalue weighted by Gasteiger charge is 3.10. The Labute approximate surface area is 92.6 Å². The lowest BCUT2D eigenvalue weighted by atomic mass is 8.96. The third-order valence-corrected chi connectivity index (χ3v) is 11.1. The quantitative estimate of drug-likeness (QED) is 0.664. The summed E-state index contributed by atoms with van der Waals surface area (Å²) in [6.45, 7) is 8.96. The van der Waals surface area contributed by atoms with Gasteiger partial charge in [-0.2, -0.15) is 0 Å². The zero-order valence-corrected chi connectivity index (χ0v) is 11.1. The summed E-state index contributed by atoms with van der Waals surface area (Å²) in [6.07, 6.45) is 0. The van der Waals surface area contributed by atoms with Crippen molar-refractivity contribution in [1.29, 1.82) is 0 Å². The molecule has 6 fully saturated rings. The van der Waals surface area contributed by atoms with Crippen molar-refractivity contribution >= 4 is 8.07 Å². The van der Waals surface area contributed by atoms with Gasteiger partial charge in [-0.05, 0) is 40.5 Å². The summed E-state index contributed by atoms with van der Waals surface area (Å²) in [5.41, 5.74) is 0.760. The third kappa shape index (κ3) is 0.393. The third-order valence-electron chi connectivity index (χ3n) is 7.53. The molecule has 0 saturated heterocycles. The van der Waals surface area contributed by atoms with E-state index in [1.807, 2.05) is 7.11 Å². The van der Waals surface area contributed by atoms with Crippen LogP contribution in [0.1, 0.15) is 0 Å². The van der Waals surface area contributed by atoms with Gasteiger partial charge in [-0.1, -0.05) is 19.6 Å². The SMILES string of the molecule is COCC12C3C4C1C1C2C3C41[Si](C)(C)C. The average molecular weight is 220 g/mol. The zero-order valence-electron chi connectivity index (χ0n) is 10.1. The minimum absolute atomic E-state index is 0.760. The lowest BCUT2D eigenvalue weighted by molar-refractivity contribution is -0.610. The summed E-state index contributed by atoms with van der Waals surface area (Å²) in [7, 11) is 1.02. The highest BCUT2D eigenvalue weighted by Crippen LogP contribution is 3.14. The Kier molecular flexibility index (Phi) is 0.934. The van der Waals surface area contributed by atoms with Gasteiger partial charge in [0.1, 0.15) is 0 Å². The second-order valence-corrected chi connectivity index (χ2v) is 13.2. The van der Waals surface area contributed by atoms with Crippen LogP contribution in [0.2, 0.25) is 24.7 Å². The van der Waals surface area contributed by atoms with Crippen LogP contribution in [-0.4, -0.2) is 21.8 Å². The molecule has 0 amide bonds. The lowest BCUT2D eigenvalue weighted by Gasteiger charge is -3.13. The van der Waals surface area contributed by atoms with E-state index < -0.39 is 8.07 Å². The van der Waals surface area contributed by atoms with Crippen LogP contribution in [0.3, 0.4) is 0 Å². The van der Waals surface area contributed by atoms with Gasteiger partial charge in [0.2, 0.25) is 0 Å². The van der Waals surface area contributed by atoms with Crippen LogP contribution in [0.15, 0.2) is 0 Å². The van der Waals surface area contributed by atoms with Crippen molar-refractivity contribution in [2.24, 2.45) is 40.9 Å². The molecule has 0 radical (unpaired) electrons. The molecule has 0 aliphatic heterocycles. The highest BCUT2D eigenvalue weighted by atomic mass is 28.3. The van der Waals surface area contributed by atoms with Crippen molar-refractivity contribution in [1.82, 2.24) is 0 Å². The molecule has 0 bridgehead atoms. The normalized spacial score (nSPS) is 74.4. The number of ether oxygens (including phenoxy) is 1. The van der Waals surface area contributed by atoms with Crippen LogP contribution < -0.4 is 0 Å². The molecule has 0 heterocycles. The molecule has 6 rings (SSSR count). The minimum Gasteiger partial charge on any atom is -0.384 e. The predicted octanol–water partition coefficient (Wildman–Crippen LogP) is 2.46. The molecule has 6 saturated carbocycles. The number of hydrogen-bond donors (Lipinski definition) is 0. The Morgan fingerprint density at radius 2 is 1.40 bits per heavy atom. The minimum atomic E-state index is -0.879. The maximum Gasteiger partial charge on any atom is 0.0527 e. The van der Waals surface area contributed by atoms with Gasteiger partial charge in [0.05, 0.1) is 14.7 Å². The maximum absolute atomic E-state index is 5.48. The van der Waals surface area contributed by atoms with Crippen molar-refractivity contribution < 1.29 is 4.74 Å². The van der Waals surface area contributed by atoms with E-state index in [1.54, 1.807) is 0 Å². The molecule has 0 aromatic heterocycles. The van der Waals surface area contributed by atoms with Crippen LogP contribution in [0.4, 0.5) is 0 Å². The maximum atomic E-state index is 5.48. The van der Waals surface area contributed by atoms with Gasteiger partial charge in [0, 0.05) is 12.5 Å². The second-order valence-electron chi connectivity index (χ2n) is 7.88. The molecule has 0 N–H and O–H groups in total. The van der Waals surface area contributed by atoms with E-state index in [0.29, 0.717) is 0 Å². The average Bonchev–Trinajstić information content (AvgIpc) is 2.17. The largest absolute Gasteiger partial charge is 0.384 e. The molecule has 6 aliphatic carbocycles. The standard InChI is InChI=1S/C13H20OSi/c1-14-5-12-6-9-7(12)11-8(12)10(6)13(9,11)15(2,3)4/h6-11H,5H2,1-4H3. The van der Waals surface area contributed by atoms with Crippen LogP contribution in [0, 0.1) is 40.9 Å². The Morgan fingerprint density at radius 1 is 0.933 bits per heavy atom. The summed E-state index contributed by atoms with van der Waals surface area (Å²) in [4.78, 5) is 0. The van der Waals surface area contributed by atoms with Gasteiger partial charge in [-0.25, -0.2) is 0 Å². The first-order chi connectivity index (χ1) is 7.04. The fraction of sp³-hybridized carbons (Fsp3) is 1.00. The van der Waals surface area contributed by atoms with Gasteiger partial charge < -0.3 is 4.74 Å². The molecule has 0 spiro atoms. The second kappa shape index (κ2) is 1.69. The molecule has 15 heavy (non-hydrogen) atoms. The van der Waals surface area contributed by atoms with Crippen molar-refractivity contribution in [3.8, 4) is 0 Å². The van der Waals surface area contributed by atoms with E-state index in [4.69, 9.17) is 4.74 Å². The van der Waals surface area contributed by atoms with E-state index in [9.17, 15) is 0 Å². The molecule has 0 aromatic carbocycles. The molecule has 2 heteroatoms. The number of rotatable bonds is 3. The fourth-order valence-electron chi connectivity index (χ4n) is 7.79. The summed E-state index contributed by atoms with van der Waals surface area (Å²) >= 11 is 0. The number of hydrogen-bond acceptors (Lipinski definition) is 1. The van der Waals surface area contributed by atoms with Crippen LogP contribution in [0.25, 0.3) is 0 Å². The van der Waals surface area contributed by atoms with Crippen molar-refractivity contribution in [3.63, 3.8) is 0 Å². The van der Waals surface area contributed by atoms with E-state index in [-0.39, 0.29) is 0 Å². The molecule has 6 aliphatic rings. The van der Waals surface area contributed by atoms with Crippen LogP contribution in [-0.2, 0) is 4.74 Å². The van der Waals surface area contributed by atoms with Gasteiger partial charge in [0.15, 0.2) is 0 Å². The Balaban J connectivity index is 1.55. The summed E-state index contributed by atoms with van der Waals surface area (Å²) < 4.78 is 5.48. The zero-order chi connectivity index (χ0) is 10.4. The number of methoxy groups -OCH3 is 1. The molecular weight excluding hydrogens is 200 g/mol. The van der Waals surface area contributed by atoms with E-state index in [2.05, 4.69) is 19.6 Å². The van der Waals surface area contributed by atoms with E-state index >= 15 is 0 Å². The Bertz CT molecular complexity index is 340.